The Morgan fingerprint density at radius 3 is 2.74 bits per heavy atom. The zero-order valence-corrected chi connectivity index (χ0v) is 24.7. The predicted molar refractivity (Wildman–Crippen MR) is 171 cm³/mol. The molecular formula is C33H31N7O2S. The first-order valence-corrected chi connectivity index (χ1v) is 14.8. The van der Waals surface area contributed by atoms with Crippen LogP contribution in [0.1, 0.15) is 17.0 Å². The number of fused-ring (bicyclic) bond motifs is 1. The highest BCUT2D eigenvalue weighted by Crippen LogP contribution is 2.36. The number of thiophene rings is 1. The molecule has 1 atom stereocenters. The standard InChI is InChI=1S/C33H31N7O2S/c1-39(2)16-17-42-26-10-6-9-25(20-26)36-33-35-14-12-27(37-33)30-28-11-3-4-15-40(28)38-31(30)23-8-5-7-22(19-23)29(32(34)41)24-13-18-43-21-24/h3-15,18-21,29H,16-17H2,1-2H3,(H2,34,41)(H,35,36,37). The van der Waals surface area contributed by atoms with E-state index in [1.807, 2.05) is 114 Å². The van der Waals surface area contributed by atoms with Crippen molar-refractivity contribution in [2.75, 3.05) is 32.6 Å². The van der Waals surface area contributed by atoms with Crippen molar-refractivity contribution >= 4 is 34.4 Å². The van der Waals surface area contributed by atoms with Crippen molar-refractivity contribution in [2.24, 2.45) is 5.73 Å². The molecule has 0 aliphatic heterocycles. The number of ether oxygens (including phenoxy) is 1. The number of aromatic nitrogens is 4. The van der Waals surface area contributed by atoms with Crippen LogP contribution in [0.15, 0.2) is 102 Å². The van der Waals surface area contributed by atoms with Gasteiger partial charge in [0.15, 0.2) is 0 Å². The van der Waals surface area contributed by atoms with Gasteiger partial charge in [0.1, 0.15) is 18.1 Å². The minimum absolute atomic E-state index is 0.399. The summed E-state index contributed by atoms with van der Waals surface area (Å²) in [5.41, 5.74) is 12.4. The van der Waals surface area contributed by atoms with E-state index in [1.165, 1.54) is 11.3 Å². The van der Waals surface area contributed by atoms with E-state index in [2.05, 4.69) is 15.2 Å². The SMILES string of the molecule is CN(C)CCOc1cccc(Nc2nccc(-c3c(-c4cccc(C(C(N)=O)c5ccsc5)c4)nn4ccccc34)n2)c1. The Morgan fingerprint density at radius 1 is 1.05 bits per heavy atom. The van der Waals surface area contributed by atoms with Gasteiger partial charge in [0.05, 0.1) is 22.7 Å². The Morgan fingerprint density at radius 2 is 1.93 bits per heavy atom. The van der Waals surface area contributed by atoms with Gasteiger partial charge in [0, 0.05) is 36.3 Å². The zero-order chi connectivity index (χ0) is 29.8. The topological polar surface area (TPSA) is 111 Å². The molecule has 4 heterocycles. The lowest BCUT2D eigenvalue weighted by Gasteiger charge is -2.14. The largest absolute Gasteiger partial charge is 0.492 e. The molecule has 0 aliphatic carbocycles. The van der Waals surface area contributed by atoms with Gasteiger partial charge in [-0.15, -0.1) is 0 Å². The number of nitrogens with one attached hydrogen (secondary N) is 1. The fourth-order valence-electron chi connectivity index (χ4n) is 4.98. The maximum absolute atomic E-state index is 12.5. The third kappa shape index (κ3) is 6.25. The molecule has 216 valence electrons. The number of anilines is 2. The van der Waals surface area contributed by atoms with Crippen molar-refractivity contribution in [3.63, 3.8) is 0 Å². The smallest absolute Gasteiger partial charge is 0.229 e. The summed E-state index contributed by atoms with van der Waals surface area (Å²) in [5, 5.41) is 12.2. The van der Waals surface area contributed by atoms with Gasteiger partial charge in [-0.2, -0.15) is 16.4 Å². The van der Waals surface area contributed by atoms with Crippen molar-refractivity contribution < 1.29 is 9.53 Å². The lowest BCUT2D eigenvalue weighted by molar-refractivity contribution is -0.118. The fraction of sp³-hybridized carbons (Fsp3) is 0.152. The Bertz CT molecular complexity index is 1870. The van der Waals surface area contributed by atoms with E-state index in [4.69, 9.17) is 20.6 Å². The van der Waals surface area contributed by atoms with Crippen LogP contribution >= 0.6 is 11.3 Å². The van der Waals surface area contributed by atoms with Crippen molar-refractivity contribution in [1.82, 2.24) is 24.5 Å². The highest BCUT2D eigenvalue weighted by atomic mass is 32.1. The number of rotatable bonds is 11. The molecule has 0 spiro atoms. The zero-order valence-electron chi connectivity index (χ0n) is 23.8. The summed E-state index contributed by atoms with van der Waals surface area (Å²) >= 11 is 1.54. The summed E-state index contributed by atoms with van der Waals surface area (Å²) in [6, 6.07) is 25.3. The molecule has 1 unspecified atom stereocenters. The number of nitrogens with zero attached hydrogens (tertiary/aromatic N) is 5. The molecule has 1 amide bonds. The molecule has 0 bridgehead atoms. The molecule has 0 aliphatic rings. The second-order valence-corrected chi connectivity index (χ2v) is 11.1. The molecule has 0 fully saturated rings. The van der Waals surface area contributed by atoms with Gasteiger partial charge in [-0.3, -0.25) is 4.79 Å². The molecule has 0 saturated heterocycles. The number of amides is 1. The van der Waals surface area contributed by atoms with Gasteiger partial charge >= 0.3 is 0 Å². The van der Waals surface area contributed by atoms with Crippen molar-refractivity contribution in [1.29, 1.82) is 0 Å². The molecule has 0 saturated carbocycles. The second-order valence-electron chi connectivity index (χ2n) is 10.3. The molecule has 10 heteroatoms. The number of carbonyl (C=O) groups is 1. The van der Waals surface area contributed by atoms with E-state index >= 15 is 0 Å². The average Bonchev–Trinajstić information content (AvgIpc) is 3.66. The Kier molecular flexibility index (Phi) is 8.12. The lowest BCUT2D eigenvalue weighted by Crippen LogP contribution is -2.22. The van der Waals surface area contributed by atoms with Crippen LogP contribution < -0.4 is 15.8 Å². The van der Waals surface area contributed by atoms with E-state index in [-0.39, 0.29) is 0 Å². The highest BCUT2D eigenvalue weighted by Gasteiger charge is 2.23. The van der Waals surface area contributed by atoms with Crippen LogP contribution in [-0.2, 0) is 4.79 Å². The number of hydrogen-bond acceptors (Lipinski definition) is 8. The summed E-state index contributed by atoms with van der Waals surface area (Å²) < 4.78 is 7.73. The molecule has 0 radical (unpaired) electrons. The summed E-state index contributed by atoms with van der Waals surface area (Å²) in [5.74, 6) is 0.266. The summed E-state index contributed by atoms with van der Waals surface area (Å²) in [7, 11) is 4.03. The Labute approximate surface area is 253 Å². The number of pyridine rings is 1. The van der Waals surface area contributed by atoms with E-state index in [0.29, 0.717) is 18.2 Å². The minimum atomic E-state index is -0.552. The molecule has 4 aromatic heterocycles. The number of nitrogens with two attached hydrogens (primary N) is 1. The first kappa shape index (κ1) is 28.1. The Hall–Kier alpha value is -5.06. The van der Waals surface area contributed by atoms with Crippen LogP contribution in [0, 0.1) is 0 Å². The monoisotopic (exact) mass is 589 g/mol. The quantitative estimate of drug-likeness (QED) is 0.196. The van der Waals surface area contributed by atoms with Crippen LogP contribution in [0.3, 0.4) is 0 Å². The molecule has 43 heavy (non-hydrogen) atoms. The first-order chi connectivity index (χ1) is 21.0. The first-order valence-electron chi connectivity index (χ1n) is 13.8. The van der Waals surface area contributed by atoms with E-state index in [9.17, 15) is 4.79 Å². The maximum atomic E-state index is 12.5. The van der Waals surface area contributed by atoms with Gasteiger partial charge in [0.25, 0.3) is 0 Å². The summed E-state index contributed by atoms with van der Waals surface area (Å²) in [6.45, 7) is 1.42. The van der Waals surface area contributed by atoms with Gasteiger partial charge in [-0.05, 0) is 78.4 Å². The second kappa shape index (κ2) is 12.4. The van der Waals surface area contributed by atoms with Gasteiger partial charge < -0.3 is 20.7 Å². The summed E-state index contributed by atoms with van der Waals surface area (Å²) in [6.07, 6.45) is 3.64. The number of likely N-dealkylation sites (N-methyl/N-ethyl adjacent to an activating group) is 1. The fourth-order valence-corrected chi connectivity index (χ4v) is 5.66. The molecule has 2 aromatic carbocycles. The minimum Gasteiger partial charge on any atom is -0.492 e. The third-order valence-electron chi connectivity index (χ3n) is 7.00. The van der Waals surface area contributed by atoms with E-state index in [0.717, 1.165) is 51.4 Å². The summed E-state index contributed by atoms with van der Waals surface area (Å²) in [4.78, 5) is 24.0. The normalized spacial score (nSPS) is 12.0. The van der Waals surface area contributed by atoms with Gasteiger partial charge in [0.2, 0.25) is 11.9 Å². The molecule has 6 aromatic rings. The van der Waals surface area contributed by atoms with Gasteiger partial charge in [-0.25, -0.2) is 14.5 Å². The molecule has 9 nitrogen and oxygen atoms in total. The third-order valence-corrected chi connectivity index (χ3v) is 7.70. The van der Waals surface area contributed by atoms with Gasteiger partial charge in [-0.1, -0.05) is 30.3 Å². The molecule has 6 rings (SSSR count). The van der Waals surface area contributed by atoms with Crippen LogP contribution in [0.2, 0.25) is 0 Å². The number of hydrogen-bond donors (Lipinski definition) is 2. The highest BCUT2D eigenvalue weighted by molar-refractivity contribution is 7.08. The average molecular weight is 590 g/mol. The van der Waals surface area contributed by atoms with Crippen molar-refractivity contribution in [3.8, 4) is 28.3 Å². The predicted octanol–water partition coefficient (Wildman–Crippen LogP) is 5.82. The van der Waals surface area contributed by atoms with Crippen LogP contribution in [0.5, 0.6) is 5.75 Å². The Balaban J connectivity index is 1.36. The van der Waals surface area contributed by atoms with Crippen LogP contribution in [-0.4, -0.2) is 57.6 Å². The number of benzene rings is 2. The van der Waals surface area contributed by atoms with Crippen LogP contribution in [0.4, 0.5) is 11.6 Å². The van der Waals surface area contributed by atoms with Crippen molar-refractivity contribution in [2.45, 2.75) is 5.92 Å². The maximum Gasteiger partial charge on any atom is 0.229 e. The van der Waals surface area contributed by atoms with E-state index in [1.54, 1.807) is 6.20 Å². The lowest BCUT2D eigenvalue weighted by atomic mass is 9.90. The molecule has 3 N–H and O–H groups in total. The van der Waals surface area contributed by atoms with Crippen LogP contribution in [0.25, 0.3) is 28.0 Å². The van der Waals surface area contributed by atoms with Crippen molar-refractivity contribution in [3.05, 3.63) is 113 Å². The number of primary amides is 1. The molecular weight excluding hydrogens is 558 g/mol. The number of carbonyl (C=O) groups excluding carboxylic acids is 1. The van der Waals surface area contributed by atoms with E-state index < -0.39 is 11.8 Å².